The van der Waals surface area contributed by atoms with E-state index in [4.69, 9.17) is 4.74 Å². The van der Waals surface area contributed by atoms with Crippen LogP contribution >= 0.6 is 0 Å². The van der Waals surface area contributed by atoms with E-state index in [-0.39, 0.29) is 10.7 Å². The highest BCUT2D eigenvalue weighted by Gasteiger charge is 2.23. The summed E-state index contributed by atoms with van der Waals surface area (Å²) in [5.74, 6) is 0. The largest absolute Gasteiger partial charge is 0.366 e. The van der Waals surface area contributed by atoms with E-state index in [2.05, 4.69) is 9.97 Å². The molecule has 1 N–H and O–H groups in total. The van der Waals surface area contributed by atoms with Crippen molar-refractivity contribution in [2.45, 2.75) is 25.0 Å². The molecule has 0 unspecified atom stereocenters. The lowest BCUT2D eigenvalue weighted by atomic mass is 10.1. The molecule has 1 aliphatic rings. The van der Waals surface area contributed by atoms with E-state index in [1.807, 2.05) is 11.8 Å². The molecule has 0 aromatic carbocycles. The van der Waals surface area contributed by atoms with E-state index in [0.29, 0.717) is 44.1 Å². The second-order valence-corrected chi connectivity index (χ2v) is 6.42. The van der Waals surface area contributed by atoms with Crippen molar-refractivity contribution in [3.05, 3.63) is 21.6 Å². The minimum atomic E-state index is -3.51. The van der Waals surface area contributed by atoms with Gasteiger partial charge in [0.2, 0.25) is 15.0 Å². The Morgan fingerprint density at radius 2 is 2.21 bits per heavy atom. The highest BCUT2D eigenvalue weighted by molar-refractivity contribution is 7.90. The van der Waals surface area contributed by atoms with Gasteiger partial charge in [0.15, 0.2) is 0 Å². The summed E-state index contributed by atoms with van der Waals surface area (Å²) in [5.41, 5.74) is 0.733. The van der Waals surface area contributed by atoms with Gasteiger partial charge in [-0.25, -0.2) is 13.4 Å². The van der Waals surface area contributed by atoms with Crippen molar-refractivity contribution in [3.63, 3.8) is 0 Å². The minimum absolute atomic E-state index is 0.269. The SMILES string of the molecule is CCOCN1CCc2c(nc(S(C)(=O)=O)[nH]c2=O)C1. The number of ether oxygens (including phenoxy) is 1. The first-order chi connectivity index (χ1) is 8.91. The molecule has 0 aliphatic carbocycles. The van der Waals surface area contributed by atoms with Crippen LogP contribution in [0.1, 0.15) is 18.2 Å². The second kappa shape index (κ2) is 5.40. The van der Waals surface area contributed by atoms with Gasteiger partial charge in [-0.1, -0.05) is 0 Å². The van der Waals surface area contributed by atoms with E-state index in [0.717, 1.165) is 6.26 Å². The van der Waals surface area contributed by atoms with Crippen molar-refractivity contribution in [1.29, 1.82) is 0 Å². The summed E-state index contributed by atoms with van der Waals surface area (Å²) < 4.78 is 28.2. The van der Waals surface area contributed by atoms with Crippen molar-refractivity contribution < 1.29 is 13.2 Å². The van der Waals surface area contributed by atoms with Crippen LogP contribution in [-0.2, 0) is 27.5 Å². The van der Waals surface area contributed by atoms with Crippen molar-refractivity contribution in [1.82, 2.24) is 14.9 Å². The smallest absolute Gasteiger partial charge is 0.255 e. The highest BCUT2D eigenvalue weighted by Crippen LogP contribution is 2.14. The molecule has 1 aromatic heterocycles. The van der Waals surface area contributed by atoms with Gasteiger partial charge in [0.05, 0.1) is 12.4 Å². The monoisotopic (exact) mass is 287 g/mol. The van der Waals surface area contributed by atoms with Crippen LogP contribution in [0.4, 0.5) is 0 Å². The van der Waals surface area contributed by atoms with Gasteiger partial charge in [-0.15, -0.1) is 0 Å². The topological polar surface area (TPSA) is 92.4 Å². The third-order valence-corrected chi connectivity index (χ3v) is 3.86. The summed E-state index contributed by atoms with van der Waals surface area (Å²) in [4.78, 5) is 20.2. The fourth-order valence-corrected chi connectivity index (χ4v) is 2.53. The molecule has 0 radical (unpaired) electrons. The second-order valence-electron chi connectivity index (χ2n) is 4.49. The standard InChI is InChI=1S/C11H17N3O4S/c1-3-18-7-14-5-4-8-9(6-14)12-11(13-10(8)15)19(2,16)17/h3-7H2,1-2H3,(H,12,13,15). The number of nitrogens with one attached hydrogen (secondary N) is 1. The number of sulfone groups is 1. The van der Waals surface area contributed by atoms with Crippen LogP contribution in [0.5, 0.6) is 0 Å². The number of fused-ring (bicyclic) bond motifs is 1. The molecule has 0 amide bonds. The molecule has 7 nitrogen and oxygen atoms in total. The number of rotatable bonds is 4. The number of aromatic nitrogens is 2. The molecular formula is C11H17N3O4S. The molecule has 2 rings (SSSR count). The van der Waals surface area contributed by atoms with Crippen LogP contribution in [0, 0.1) is 0 Å². The van der Waals surface area contributed by atoms with Gasteiger partial charge in [0.25, 0.3) is 5.56 Å². The third-order valence-electron chi connectivity index (χ3n) is 2.96. The predicted molar refractivity (Wildman–Crippen MR) is 68.6 cm³/mol. The zero-order chi connectivity index (χ0) is 14.0. The van der Waals surface area contributed by atoms with Crippen molar-refractivity contribution in [2.24, 2.45) is 0 Å². The van der Waals surface area contributed by atoms with E-state index < -0.39 is 9.84 Å². The number of hydrogen-bond acceptors (Lipinski definition) is 6. The number of H-pyrrole nitrogens is 1. The Balaban J connectivity index is 2.32. The molecule has 106 valence electrons. The number of nitrogens with zero attached hydrogens (tertiary/aromatic N) is 2. The third kappa shape index (κ3) is 3.20. The first-order valence-electron chi connectivity index (χ1n) is 6.04. The summed E-state index contributed by atoms with van der Waals surface area (Å²) in [6.45, 7) is 4.11. The van der Waals surface area contributed by atoms with Crippen LogP contribution in [0.3, 0.4) is 0 Å². The van der Waals surface area contributed by atoms with E-state index in [9.17, 15) is 13.2 Å². The molecule has 0 saturated carbocycles. The van der Waals surface area contributed by atoms with Crippen molar-refractivity contribution in [3.8, 4) is 0 Å². The average molecular weight is 287 g/mol. The van der Waals surface area contributed by atoms with Gasteiger partial charge in [-0.3, -0.25) is 14.7 Å². The summed E-state index contributed by atoms with van der Waals surface area (Å²) in [5, 5.41) is -0.269. The van der Waals surface area contributed by atoms with Crippen molar-refractivity contribution in [2.75, 3.05) is 26.1 Å². The summed E-state index contributed by atoms with van der Waals surface area (Å²) in [6, 6.07) is 0. The van der Waals surface area contributed by atoms with Gasteiger partial charge in [-0.05, 0) is 13.3 Å². The van der Waals surface area contributed by atoms with Crippen LogP contribution < -0.4 is 5.56 Å². The minimum Gasteiger partial charge on any atom is -0.366 e. The maximum Gasteiger partial charge on any atom is 0.255 e. The van der Waals surface area contributed by atoms with Crippen LogP contribution in [0.25, 0.3) is 0 Å². The average Bonchev–Trinajstić information content (AvgIpc) is 2.34. The molecule has 2 heterocycles. The molecule has 0 saturated heterocycles. The predicted octanol–water partition coefficient (Wildman–Crippen LogP) is -0.474. The van der Waals surface area contributed by atoms with Gasteiger partial charge in [-0.2, -0.15) is 0 Å². The lowest BCUT2D eigenvalue weighted by molar-refractivity contribution is 0.0267. The van der Waals surface area contributed by atoms with Crippen LogP contribution in [0.15, 0.2) is 9.95 Å². The molecule has 0 bridgehead atoms. The lowest BCUT2D eigenvalue weighted by Crippen LogP contribution is -2.37. The lowest BCUT2D eigenvalue weighted by Gasteiger charge is -2.26. The highest BCUT2D eigenvalue weighted by atomic mass is 32.2. The normalized spacial score (nSPS) is 16.3. The van der Waals surface area contributed by atoms with Crippen molar-refractivity contribution >= 4 is 9.84 Å². The fraction of sp³-hybridized carbons (Fsp3) is 0.636. The molecule has 0 spiro atoms. The quantitative estimate of drug-likeness (QED) is 0.752. The Hall–Kier alpha value is -1.25. The zero-order valence-electron chi connectivity index (χ0n) is 11.0. The Bertz CT molecular complexity index is 623. The van der Waals surface area contributed by atoms with Gasteiger partial charge >= 0.3 is 0 Å². The Kier molecular flexibility index (Phi) is 4.02. The molecule has 19 heavy (non-hydrogen) atoms. The van der Waals surface area contributed by atoms with Gasteiger partial charge in [0, 0.05) is 31.5 Å². The Labute approximate surface area is 111 Å². The fourth-order valence-electron chi connectivity index (χ4n) is 1.98. The molecular weight excluding hydrogens is 270 g/mol. The summed E-state index contributed by atoms with van der Waals surface area (Å²) in [7, 11) is -3.51. The number of aromatic amines is 1. The van der Waals surface area contributed by atoms with E-state index in [1.54, 1.807) is 0 Å². The molecule has 1 aromatic rings. The van der Waals surface area contributed by atoms with E-state index >= 15 is 0 Å². The molecule has 0 fully saturated rings. The van der Waals surface area contributed by atoms with E-state index in [1.165, 1.54) is 0 Å². The Morgan fingerprint density at radius 3 is 2.84 bits per heavy atom. The summed E-state index contributed by atoms with van der Waals surface area (Å²) >= 11 is 0. The van der Waals surface area contributed by atoms with Crippen LogP contribution in [-0.4, -0.2) is 49.4 Å². The summed E-state index contributed by atoms with van der Waals surface area (Å²) in [6.07, 6.45) is 1.58. The molecule has 0 atom stereocenters. The van der Waals surface area contributed by atoms with Gasteiger partial charge in [0.1, 0.15) is 0 Å². The molecule has 1 aliphatic heterocycles. The van der Waals surface area contributed by atoms with Gasteiger partial charge < -0.3 is 4.74 Å². The maximum atomic E-state index is 11.8. The Morgan fingerprint density at radius 1 is 1.47 bits per heavy atom. The first-order valence-corrected chi connectivity index (χ1v) is 7.93. The molecule has 8 heteroatoms. The first kappa shape index (κ1) is 14.2. The van der Waals surface area contributed by atoms with Crippen LogP contribution in [0.2, 0.25) is 0 Å². The maximum absolute atomic E-state index is 11.8. The zero-order valence-corrected chi connectivity index (χ0v) is 11.8. The number of hydrogen-bond donors (Lipinski definition) is 1.